The summed E-state index contributed by atoms with van der Waals surface area (Å²) in [6.07, 6.45) is 1.15. The molecule has 21 heavy (non-hydrogen) atoms. The number of hydrogen-bond donors (Lipinski definition) is 2. The smallest absolute Gasteiger partial charge is 0.240 e. The number of hydrogen-bond acceptors (Lipinski definition) is 3. The fraction of sp³-hybridized carbons (Fsp3) is 0.500. The number of nitrogens with two attached hydrogens (primary N) is 1. The Labute approximate surface area is 128 Å². The summed E-state index contributed by atoms with van der Waals surface area (Å²) < 4.78 is 31.6. The van der Waals surface area contributed by atoms with Crippen molar-refractivity contribution in [3.8, 4) is 0 Å². The Morgan fingerprint density at radius 1 is 1.33 bits per heavy atom. The molecule has 0 radical (unpaired) electrons. The van der Waals surface area contributed by atoms with Crippen molar-refractivity contribution in [3.63, 3.8) is 0 Å². The monoisotopic (exact) mass is 320 g/mol. The van der Waals surface area contributed by atoms with Crippen LogP contribution in [0.5, 0.6) is 0 Å². The second-order valence-electron chi connectivity index (χ2n) is 4.99. The lowest BCUT2D eigenvalue weighted by atomic mass is 9.90. The molecule has 0 aliphatic carbocycles. The summed E-state index contributed by atoms with van der Waals surface area (Å²) in [4.78, 5) is 12.0. The van der Waals surface area contributed by atoms with Crippen LogP contribution < -0.4 is 11.1 Å². The predicted molar refractivity (Wildman–Crippen MR) is 77.3 cm³/mol. The van der Waals surface area contributed by atoms with Gasteiger partial charge in [-0.05, 0) is 30.9 Å². The molecule has 1 aromatic carbocycles. The Morgan fingerprint density at radius 2 is 2.00 bits per heavy atom. The van der Waals surface area contributed by atoms with Gasteiger partial charge < -0.3 is 15.8 Å². The van der Waals surface area contributed by atoms with Gasteiger partial charge in [0.05, 0.1) is 5.54 Å². The van der Waals surface area contributed by atoms with Gasteiger partial charge in [-0.2, -0.15) is 0 Å². The third-order valence-corrected chi connectivity index (χ3v) is 3.55. The molecule has 7 heteroatoms. The molecule has 2 rings (SSSR count). The molecule has 0 spiro atoms. The molecule has 0 atom stereocenters. The van der Waals surface area contributed by atoms with Gasteiger partial charge in [0.25, 0.3) is 0 Å². The van der Waals surface area contributed by atoms with Crippen LogP contribution in [0.1, 0.15) is 18.4 Å². The van der Waals surface area contributed by atoms with Crippen LogP contribution in [0.3, 0.4) is 0 Å². The average molecular weight is 321 g/mol. The van der Waals surface area contributed by atoms with Gasteiger partial charge in [-0.3, -0.25) is 4.79 Å². The Kier molecular flexibility index (Phi) is 6.51. The summed E-state index contributed by atoms with van der Waals surface area (Å²) in [5.74, 6) is -2.01. The van der Waals surface area contributed by atoms with Crippen LogP contribution in [-0.4, -0.2) is 31.2 Å². The van der Waals surface area contributed by atoms with E-state index in [4.69, 9.17) is 10.5 Å². The maximum atomic E-state index is 13.4. The molecule has 1 fully saturated rings. The minimum Gasteiger partial charge on any atom is -0.381 e. The van der Waals surface area contributed by atoms with E-state index in [-0.39, 0.29) is 36.8 Å². The van der Waals surface area contributed by atoms with E-state index in [1.165, 1.54) is 12.1 Å². The number of benzene rings is 1. The molecule has 4 nitrogen and oxygen atoms in total. The summed E-state index contributed by atoms with van der Waals surface area (Å²) in [7, 11) is 0. The van der Waals surface area contributed by atoms with Crippen molar-refractivity contribution in [2.75, 3.05) is 19.8 Å². The van der Waals surface area contributed by atoms with E-state index in [1.807, 2.05) is 0 Å². The summed E-state index contributed by atoms with van der Waals surface area (Å²) >= 11 is 0. The first-order chi connectivity index (χ1) is 9.53. The molecule has 1 aliphatic heterocycles. The Morgan fingerprint density at radius 3 is 2.67 bits per heavy atom. The molecular weight excluding hydrogens is 302 g/mol. The maximum absolute atomic E-state index is 13.4. The zero-order valence-corrected chi connectivity index (χ0v) is 12.3. The number of amides is 1. The van der Waals surface area contributed by atoms with E-state index in [2.05, 4.69) is 5.32 Å². The summed E-state index contributed by atoms with van der Waals surface area (Å²) in [5.41, 5.74) is 5.33. The standard InChI is InChI=1S/C14H18F2N2O2.ClH/c15-11-3-1-2-10(12(11)16)4-7-18-13(19)14(17)5-8-20-9-6-14;/h1-3H,4-9,17H2,(H,18,19);1H. The predicted octanol–water partition coefficient (Wildman–Crippen LogP) is 1.55. The lowest BCUT2D eigenvalue weighted by Gasteiger charge is -2.31. The summed E-state index contributed by atoms with van der Waals surface area (Å²) in [5, 5.41) is 2.68. The minimum atomic E-state index is -0.918. The number of halogens is 3. The molecule has 3 N–H and O–H groups in total. The number of carbonyl (C=O) groups excluding carboxylic acids is 1. The average Bonchev–Trinajstić information content (AvgIpc) is 2.44. The fourth-order valence-corrected chi connectivity index (χ4v) is 2.19. The highest BCUT2D eigenvalue weighted by molar-refractivity contribution is 5.86. The molecule has 0 saturated carbocycles. The number of nitrogens with one attached hydrogen (secondary N) is 1. The Balaban J connectivity index is 0.00000220. The first-order valence-electron chi connectivity index (χ1n) is 6.61. The van der Waals surface area contributed by atoms with E-state index >= 15 is 0 Å². The van der Waals surface area contributed by atoms with Crippen LogP contribution in [0, 0.1) is 11.6 Å². The van der Waals surface area contributed by atoms with Gasteiger partial charge in [0.15, 0.2) is 11.6 Å². The van der Waals surface area contributed by atoms with Crippen LogP contribution in [0.15, 0.2) is 18.2 Å². The molecule has 1 aliphatic rings. The number of ether oxygens (including phenoxy) is 1. The molecule has 0 aromatic heterocycles. The zero-order chi connectivity index (χ0) is 14.6. The largest absolute Gasteiger partial charge is 0.381 e. The van der Waals surface area contributed by atoms with Crippen molar-refractivity contribution in [3.05, 3.63) is 35.4 Å². The quantitative estimate of drug-likeness (QED) is 0.885. The summed E-state index contributed by atoms with van der Waals surface area (Å²) in [6, 6.07) is 4.00. The van der Waals surface area contributed by atoms with Gasteiger partial charge in [-0.25, -0.2) is 8.78 Å². The van der Waals surface area contributed by atoms with E-state index in [1.54, 1.807) is 0 Å². The molecule has 0 unspecified atom stereocenters. The van der Waals surface area contributed by atoms with Crippen molar-refractivity contribution in [1.29, 1.82) is 0 Å². The van der Waals surface area contributed by atoms with Gasteiger partial charge >= 0.3 is 0 Å². The third kappa shape index (κ3) is 4.36. The second-order valence-corrected chi connectivity index (χ2v) is 4.99. The maximum Gasteiger partial charge on any atom is 0.240 e. The van der Waals surface area contributed by atoms with Crippen molar-refractivity contribution in [2.24, 2.45) is 5.73 Å². The van der Waals surface area contributed by atoms with Gasteiger partial charge in [-0.15, -0.1) is 12.4 Å². The highest BCUT2D eigenvalue weighted by Crippen LogP contribution is 2.17. The Bertz CT molecular complexity index is 494. The van der Waals surface area contributed by atoms with E-state index in [0.717, 1.165) is 6.07 Å². The SMILES string of the molecule is Cl.NC1(C(=O)NCCc2cccc(F)c2F)CCOCC1. The van der Waals surface area contributed by atoms with Gasteiger partial charge in [0.2, 0.25) is 5.91 Å². The minimum absolute atomic E-state index is 0. The molecule has 118 valence electrons. The van der Waals surface area contributed by atoms with Crippen molar-refractivity contribution in [2.45, 2.75) is 24.8 Å². The van der Waals surface area contributed by atoms with Crippen molar-refractivity contribution < 1.29 is 18.3 Å². The highest BCUT2D eigenvalue weighted by Gasteiger charge is 2.35. The third-order valence-electron chi connectivity index (χ3n) is 3.55. The van der Waals surface area contributed by atoms with Crippen LogP contribution in [0.4, 0.5) is 8.78 Å². The van der Waals surface area contributed by atoms with Crippen LogP contribution in [0.25, 0.3) is 0 Å². The molecular formula is C14H19ClF2N2O2. The van der Waals surface area contributed by atoms with Gasteiger partial charge in [0.1, 0.15) is 0 Å². The van der Waals surface area contributed by atoms with Crippen molar-refractivity contribution in [1.82, 2.24) is 5.32 Å². The van der Waals surface area contributed by atoms with E-state index in [9.17, 15) is 13.6 Å². The fourth-order valence-electron chi connectivity index (χ4n) is 2.19. The number of carbonyl (C=O) groups is 1. The number of rotatable bonds is 4. The molecule has 1 saturated heterocycles. The molecule has 1 amide bonds. The lowest BCUT2D eigenvalue weighted by Crippen LogP contribution is -2.57. The topological polar surface area (TPSA) is 64.4 Å². The highest BCUT2D eigenvalue weighted by atomic mass is 35.5. The normalized spacial score (nSPS) is 16.9. The van der Waals surface area contributed by atoms with Gasteiger partial charge in [-0.1, -0.05) is 12.1 Å². The van der Waals surface area contributed by atoms with Crippen LogP contribution >= 0.6 is 12.4 Å². The Hall–Kier alpha value is -1.24. The first-order valence-corrected chi connectivity index (χ1v) is 6.61. The van der Waals surface area contributed by atoms with E-state index < -0.39 is 17.2 Å². The van der Waals surface area contributed by atoms with Crippen LogP contribution in [-0.2, 0) is 16.0 Å². The van der Waals surface area contributed by atoms with Gasteiger partial charge in [0, 0.05) is 19.8 Å². The van der Waals surface area contributed by atoms with Crippen molar-refractivity contribution >= 4 is 18.3 Å². The molecule has 1 aromatic rings. The van der Waals surface area contributed by atoms with E-state index in [0.29, 0.717) is 26.1 Å². The molecule has 1 heterocycles. The van der Waals surface area contributed by atoms with Crippen LogP contribution in [0.2, 0.25) is 0 Å². The first kappa shape index (κ1) is 17.8. The lowest BCUT2D eigenvalue weighted by molar-refractivity contribution is -0.129. The second kappa shape index (κ2) is 7.68. The zero-order valence-electron chi connectivity index (χ0n) is 11.5. The summed E-state index contributed by atoms with van der Waals surface area (Å²) in [6.45, 7) is 1.14. The molecule has 0 bridgehead atoms.